The predicted molar refractivity (Wildman–Crippen MR) is 316 cm³/mol. The topological polar surface area (TPSA) is 78.9 Å². The summed E-state index contributed by atoms with van der Waals surface area (Å²) in [5, 5.41) is 0. The number of hydrogen-bond donors (Lipinski definition) is 0. The maximum Gasteiger partial charge on any atom is 0.306 e. The van der Waals surface area contributed by atoms with Crippen LogP contribution in [0.1, 0.15) is 265 Å². The predicted octanol–water partition coefficient (Wildman–Crippen LogP) is 20.4. The van der Waals surface area contributed by atoms with Crippen molar-refractivity contribution < 1.29 is 28.6 Å². The monoisotopic (exact) mass is 1010 g/mol. The maximum atomic E-state index is 12.8. The van der Waals surface area contributed by atoms with Crippen molar-refractivity contribution in [2.45, 2.75) is 271 Å². The van der Waals surface area contributed by atoms with Crippen LogP contribution in [-0.4, -0.2) is 37.2 Å². The van der Waals surface area contributed by atoms with Crippen LogP contribution in [0.15, 0.2) is 122 Å². The minimum absolute atomic E-state index is 0.0985. The zero-order chi connectivity index (χ0) is 52.9. The van der Waals surface area contributed by atoms with Crippen LogP contribution in [0.5, 0.6) is 0 Å². The molecular weight excluding hydrogens is 901 g/mol. The molecular formula is C67H110O6. The van der Waals surface area contributed by atoms with Gasteiger partial charge in [0.2, 0.25) is 0 Å². The molecule has 0 saturated carbocycles. The molecule has 73 heavy (non-hydrogen) atoms. The van der Waals surface area contributed by atoms with Gasteiger partial charge in [-0.2, -0.15) is 0 Å². The second-order valence-corrected chi connectivity index (χ2v) is 19.5. The van der Waals surface area contributed by atoms with Gasteiger partial charge in [0, 0.05) is 19.3 Å². The third-order valence-corrected chi connectivity index (χ3v) is 12.5. The highest BCUT2D eigenvalue weighted by Gasteiger charge is 2.19. The lowest BCUT2D eigenvalue weighted by molar-refractivity contribution is -0.167. The molecule has 0 radical (unpaired) electrons. The molecule has 0 aromatic heterocycles. The number of hydrogen-bond acceptors (Lipinski definition) is 6. The Morgan fingerprint density at radius 1 is 0.288 bits per heavy atom. The summed E-state index contributed by atoms with van der Waals surface area (Å²) in [6, 6.07) is 0. The summed E-state index contributed by atoms with van der Waals surface area (Å²) in [5.41, 5.74) is 0. The van der Waals surface area contributed by atoms with Gasteiger partial charge in [0.1, 0.15) is 13.2 Å². The molecule has 6 heteroatoms. The van der Waals surface area contributed by atoms with Gasteiger partial charge in [-0.15, -0.1) is 0 Å². The van der Waals surface area contributed by atoms with E-state index in [1.807, 2.05) is 0 Å². The van der Waals surface area contributed by atoms with E-state index in [-0.39, 0.29) is 37.5 Å². The zero-order valence-electron chi connectivity index (χ0n) is 47.4. The molecule has 0 aliphatic rings. The minimum atomic E-state index is -0.804. The summed E-state index contributed by atoms with van der Waals surface area (Å²) in [5.74, 6) is -0.970. The van der Waals surface area contributed by atoms with Crippen LogP contribution in [-0.2, 0) is 28.6 Å². The number of ether oxygens (including phenoxy) is 3. The van der Waals surface area contributed by atoms with Crippen molar-refractivity contribution in [2.75, 3.05) is 13.2 Å². The van der Waals surface area contributed by atoms with Crippen LogP contribution < -0.4 is 0 Å². The van der Waals surface area contributed by atoms with Crippen LogP contribution in [0.2, 0.25) is 0 Å². The maximum absolute atomic E-state index is 12.8. The molecule has 0 aliphatic heterocycles. The van der Waals surface area contributed by atoms with Gasteiger partial charge in [-0.3, -0.25) is 14.4 Å². The molecule has 0 rings (SSSR count). The lowest BCUT2D eigenvalue weighted by atomic mass is 10.1. The number of unbranched alkanes of at least 4 members (excludes halogenated alkanes) is 22. The van der Waals surface area contributed by atoms with E-state index in [0.717, 1.165) is 103 Å². The zero-order valence-corrected chi connectivity index (χ0v) is 47.4. The van der Waals surface area contributed by atoms with Crippen molar-refractivity contribution in [3.8, 4) is 0 Å². The van der Waals surface area contributed by atoms with Crippen molar-refractivity contribution in [3.63, 3.8) is 0 Å². The Bertz CT molecular complexity index is 1540. The van der Waals surface area contributed by atoms with Crippen LogP contribution in [0.25, 0.3) is 0 Å². The molecule has 1 atom stereocenters. The summed E-state index contributed by atoms with van der Waals surface area (Å²) in [7, 11) is 0. The molecule has 0 amide bonds. The van der Waals surface area contributed by atoms with Gasteiger partial charge in [-0.25, -0.2) is 0 Å². The van der Waals surface area contributed by atoms with Crippen LogP contribution in [0.4, 0.5) is 0 Å². The van der Waals surface area contributed by atoms with Crippen LogP contribution >= 0.6 is 0 Å². The molecule has 0 heterocycles. The molecule has 6 nitrogen and oxygen atoms in total. The summed E-state index contributed by atoms with van der Waals surface area (Å²) in [6.07, 6.45) is 83.6. The standard InChI is InChI=1S/C67H110O6/c1-4-7-10-13-16-19-21-23-25-27-29-30-31-32-33-34-35-36-37-38-39-41-42-44-46-48-51-54-57-60-66(69)72-63-64(62-71-65(68)59-56-53-50-18-15-12-9-6-3)73-67(70)61-58-55-52-49-47-45-43-40-28-26-24-22-20-17-14-11-8-5-2/h7,10,16,19,23,25-26,28-30,32-33,35-36,38-39,42,44,48,51,64H,4-6,8-9,11-15,17-18,20-22,24,27,31,34,37,40-41,43,45-47,49-50,52-63H2,1-3H3/b10-7-,19-16-,25-23-,28-26-,30-29-,33-32-,36-35-,39-38-,44-42-,51-48-. The van der Waals surface area contributed by atoms with Gasteiger partial charge < -0.3 is 14.2 Å². The van der Waals surface area contributed by atoms with Gasteiger partial charge in [0.05, 0.1) is 0 Å². The minimum Gasteiger partial charge on any atom is -0.462 e. The third-order valence-electron chi connectivity index (χ3n) is 12.5. The summed E-state index contributed by atoms with van der Waals surface area (Å²) < 4.78 is 16.8. The van der Waals surface area contributed by atoms with E-state index in [9.17, 15) is 14.4 Å². The SMILES string of the molecule is CC/C=C\C/C=C\C/C=C\C/C=C\C/C=C\C/C=C\C/C=C\C/C=C\C/C=C\CCCC(=O)OCC(COC(=O)CCCCCCCCCC)OC(=O)CCCCCCCCC/C=C\CCCCCCCCC. The largest absolute Gasteiger partial charge is 0.462 e. The second kappa shape index (κ2) is 60.4. The molecule has 0 aromatic rings. The first kappa shape index (κ1) is 68.8. The van der Waals surface area contributed by atoms with Crippen molar-refractivity contribution >= 4 is 17.9 Å². The summed E-state index contributed by atoms with van der Waals surface area (Å²) in [6.45, 7) is 6.44. The first-order chi connectivity index (χ1) is 36.0. The van der Waals surface area contributed by atoms with E-state index in [4.69, 9.17) is 14.2 Å². The third kappa shape index (κ3) is 58.6. The molecule has 0 fully saturated rings. The van der Waals surface area contributed by atoms with Crippen molar-refractivity contribution in [2.24, 2.45) is 0 Å². The Hall–Kier alpha value is -4.19. The normalized spacial score (nSPS) is 13.0. The number of allylic oxidation sites excluding steroid dienone is 20. The molecule has 1 unspecified atom stereocenters. The van der Waals surface area contributed by atoms with E-state index in [2.05, 4.69) is 142 Å². The van der Waals surface area contributed by atoms with Crippen molar-refractivity contribution in [3.05, 3.63) is 122 Å². The first-order valence-electron chi connectivity index (χ1n) is 30.0. The van der Waals surface area contributed by atoms with Gasteiger partial charge in [-0.1, -0.05) is 258 Å². The molecule has 0 aromatic carbocycles. The molecule has 0 aliphatic carbocycles. The number of carbonyl (C=O) groups excluding carboxylic acids is 3. The van der Waals surface area contributed by atoms with Crippen LogP contribution in [0.3, 0.4) is 0 Å². The lowest BCUT2D eigenvalue weighted by Gasteiger charge is -2.18. The molecule has 414 valence electrons. The second-order valence-electron chi connectivity index (χ2n) is 19.5. The fraction of sp³-hybridized carbons (Fsp3) is 0.657. The van der Waals surface area contributed by atoms with Crippen molar-refractivity contribution in [1.82, 2.24) is 0 Å². The Morgan fingerprint density at radius 3 is 0.904 bits per heavy atom. The van der Waals surface area contributed by atoms with E-state index in [0.29, 0.717) is 19.3 Å². The Balaban J connectivity index is 4.34. The van der Waals surface area contributed by atoms with E-state index in [1.165, 1.54) is 116 Å². The Kier molecular flexibility index (Phi) is 56.9. The fourth-order valence-corrected chi connectivity index (χ4v) is 7.97. The average molecular weight is 1010 g/mol. The number of rotatable bonds is 53. The summed E-state index contributed by atoms with van der Waals surface area (Å²) in [4.78, 5) is 38.0. The van der Waals surface area contributed by atoms with Gasteiger partial charge in [-0.05, 0) is 109 Å². The van der Waals surface area contributed by atoms with Gasteiger partial charge in [0.15, 0.2) is 6.10 Å². The first-order valence-corrected chi connectivity index (χ1v) is 30.0. The Morgan fingerprint density at radius 2 is 0.548 bits per heavy atom. The smallest absolute Gasteiger partial charge is 0.306 e. The fourth-order valence-electron chi connectivity index (χ4n) is 7.97. The highest BCUT2D eigenvalue weighted by Crippen LogP contribution is 2.14. The molecule has 0 spiro atoms. The molecule has 0 N–H and O–H groups in total. The highest BCUT2D eigenvalue weighted by molar-refractivity contribution is 5.71. The number of carbonyl (C=O) groups is 3. The van der Waals surface area contributed by atoms with Gasteiger partial charge >= 0.3 is 17.9 Å². The molecule has 0 bridgehead atoms. The van der Waals surface area contributed by atoms with Crippen molar-refractivity contribution in [1.29, 1.82) is 0 Å². The lowest BCUT2D eigenvalue weighted by Crippen LogP contribution is -2.30. The van der Waals surface area contributed by atoms with Crippen LogP contribution in [0, 0.1) is 0 Å². The van der Waals surface area contributed by atoms with Gasteiger partial charge in [0.25, 0.3) is 0 Å². The number of esters is 3. The summed E-state index contributed by atoms with van der Waals surface area (Å²) >= 11 is 0. The highest BCUT2D eigenvalue weighted by atomic mass is 16.6. The van der Waals surface area contributed by atoms with E-state index >= 15 is 0 Å². The Labute approximate surface area is 450 Å². The quantitative estimate of drug-likeness (QED) is 0.0261. The average Bonchev–Trinajstić information content (AvgIpc) is 3.39. The van der Waals surface area contributed by atoms with E-state index < -0.39 is 6.10 Å². The molecule has 0 saturated heterocycles. The van der Waals surface area contributed by atoms with E-state index in [1.54, 1.807) is 0 Å².